The number of hydrogen-bond donors (Lipinski definition) is 1. The van der Waals surface area contributed by atoms with E-state index in [0.29, 0.717) is 0 Å². The first-order valence-electron chi connectivity index (χ1n) is 5.45. The van der Waals surface area contributed by atoms with Crippen molar-refractivity contribution in [1.82, 2.24) is 0 Å². The molecule has 0 saturated heterocycles. The largest absolute Gasteiger partial charge is 0.446 e. The van der Waals surface area contributed by atoms with E-state index in [-0.39, 0.29) is 28.1 Å². The third kappa shape index (κ3) is 2.77. The summed E-state index contributed by atoms with van der Waals surface area (Å²) in [4.78, 5) is 0.238. The third-order valence-electron chi connectivity index (χ3n) is 3.30. The first-order valence-corrected chi connectivity index (χ1v) is 6.27. The lowest BCUT2D eigenvalue weighted by Crippen LogP contribution is -2.31. The summed E-state index contributed by atoms with van der Waals surface area (Å²) in [6.07, 6.45) is 1.93. The van der Waals surface area contributed by atoms with Gasteiger partial charge in [0.25, 0.3) is 0 Å². The molecule has 1 unspecified atom stereocenters. The summed E-state index contributed by atoms with van der Waals surface area (Å²) in [7, 11) is 0. The van der Waals surface area contributed by atoms with Crippen LogP contribution in [0.15, 0.2) is 29.2 Å². The lowest BCUT2D eigenvalue weighted by atomic mass is 9.90. The molecule has 1 aliphatic carbocycles. The van der Waals surface area contributed by atoms with Gasteiger partial charge in [0.2, 0.25) is 0 Å². The van der Waals surface area contributed by atoms with Gasteiger partial charge in [-0.3, -0.25) is 0 Å². The molecule has 0 radical (unpaired) electrons. The van der Waals surface area contributed by atoms with Gasteiger partial charge in [0.05, 0.1) is 0 Å². The van der Waals surface area contributed by atoms with E-state index < -0.39 is 5.51 Å². The van der Waals surface area contributed by atoms with E-state index >= 15 is 0 Å². The van der Waals surface area contributed by atoms with Crippen LogP contribution in [0.3, 0.4) is 0 Å². The summed E-state index contributed by atoms with van der Waals surface area (Å²) in [6.45, 7) is 1.91. The van der Waals surface area contributed by atoms with Gasteiger partial charge in [0, 0.05) is 16.4 Å². The number of rotatable bonds is 3. The van der Waals surface area contributed by atoms with Crippen molar-refractivity contribution in [2.24, 2.45) is 5.73 Å². The number of alkyl halides is 3. The fourth-order valence-corrected chi connectivity index (χ4v) is 2.74. The Hall–Kier alpha value is -0.680. The predicted molar refractivity (Wildman–Crippen MR) is 62.9 cm³/mol. The average Bonchev–Trinajstić information content (AvgIpc) is 2.95. The van der Waals surface area contributed by atoms with Gasteiger partial charge < -0.3 is 5.73 Å². The third-order valence-corrected chi connectivity index (χ3v) is 4.02. The Morgan fingerprint density at radius 3 is 2.47 bits per heavy atom. The first-order chi connectivity index (χ1) is 7.83. The standard InChI is InChI=1S/C12H14F3NS/c1-8(16)11(5-6-11)9-3-2-4-10(7-9)17-12(13,14)15/h2-4,7-8H,5-6,16H2,1H3. The Labute approximate surface area is 103 Å². The minimum atomic E-state index is -4.23. The SMILES string of the molecule is CC(N)C1(c2cccc(SC(F)(F)F)c2)CC1. The lowest BCUT2D eigenvalue weighted by molar-refractivity contribution is -0.0328. The molecule has 0 aromatic heterocycles. The van der Waals surface area contributed by atoms with Gasteiger partial charge in [-0.05, 0) is 49.2 Å². The second-order valence-corrected chi connectivity index (χ2v) is 5.66. The molecule has 2 rings (SSSR count). The molecule has 0 spiro atoms. The molecule has 1 aromatic rings. The highest BCUT2D eigenvalue weighted by atomic mass is 32.2. The molecule has 1 atom stereocenters. The number of thioether (sulfide) groups is 1. The summed E-state index contributed by atoms with van der Waals surface area (Å²) in [5.74, 6) is 0. The predicted octanol–water partition coefficient (Wildman–Crippen LogP) is 3.68. The average molecular weight is 261 g/mol. The Morgan fingerprint density at radius 1 is 1.35 bits per heavy atom. The Morgan fingerprint density at radius 2 is 2.00 bits per heavy atom. The molecule has 1 nitrogen and oxygen atoms in total. The van der Waals surface area contributed by atoms with Gasteiger partial charge in [-0.2, -0.15) is 13.2 Å². The van der Waals surface area contributed by atoms with E-state index in [1.807, 2.05) is 13.0 Å². The summed E-state index contributed by atoms with van der Waals surface area (Å²) in [5, 5.41) is 0. The van der Waals surface area contributed by atoms with Crippen LogP contribution in [0.1, 0.15) is 25.3 Å². The van der Waals surface area contributed by atoms with Gasteiger partial charge in [-0.25, -0.2) is 0 Å². The molecule has 0 heterocycles. The van der Waals surface area contributed by atoms with Crippen molar-refractivity contribution in [3.8, 4) is 0 Å². The van der Waals surface area contributed by atoms with Crippen LogP contribution in [0.5, 0.6) is 0 Å². The minimum Gasteiger partial charge on any atom is -0.327 e. The van der Waals surface area contributed by atoms with Crippen molar-refractivity contribution in [1.29, 1.82) is 0 Å². The molecule has 1 fully saturated rings. The van der Waals surface area contributed by atoms with Crippen LogP contribution in [-0.2, 0) is 5.41 Å². The molecular formula is C12H14F3NS. The molecule has 1 saturated carbocycles. The van der Waals surface area contributed by atoms with Crippen LogP contribution in [0.2, 0.25) is 0 Å². The second-order valence-electron chi connectivity index (χ2n) is 4.52. The zero-order valence-electron chi connectivity index (χ0n) is 9.42. The van der Waals surface area contributed by atoms with E-state index in [9.17, 15) is 13.2 Å². The van der Waals surface area contributed by atoms with Gasteiger partial charge >= 0.3 is 5.51 Å². The van der Waals surface area contributed by atoms with Gasteiger partial charge in [-0.15, -0.1) is 0 Å². The number of benzene rings is 1. The lowest BCUT2D eigenvalue weighted by Gasteiger charge is -2.20. The van der Waals surface area contributed by atoms with Crippen LogP contribution < -0.4 is 5.73 Å². The molecule has 17 heavy (non-hydrogen) atoms. The Balaban J connectivity index is 2.24. The maximum atomic E-state index is 12.3. The Kier molecular flexibility index (Phi) is 3.16. The van der Waals surface area contributed by atoms with Gasteiger partial charge in [0.1, 0.15) is 0 Å². The number of hydrogen-bond acceptors (Lipinski definition) is 2. The Bertz CT molecular complexity index is 410. The zero-order valence-corrected chi connectivity index (χ0v) is 10.2. The first kappa shape index (κ1) is 12.8. The van der Waals surface area contributed by atoms with Crippen LogP contribution in [0, 0.1) is 0 Å². The van der Waals surface area contributed by atoms with Crippen molar-refractivity contribution >= 4 is 11.8 Å². The molecule has 2 N–H and O–H groups in total. The highest BCUT2D eigenvalue weighted by Gasteiger charge is 2.47. The van der Waals surface area contributed by atoms with Crippen molar-refractivity contribution in [3.63, 3.8) is 0 Å². The maximum Gasteiger partial charge on any atom is 0.446 e. The van der Waals surface area contributed by atoms with Gasteiger partial charge in [0.15, 0.2) is 0 Å². The molecule has 94 valence electrons. The molecule has 0 amide bonds. The fraction of sp³-hybridized carbons (Fsp3) is 0.500. The highest BCUT2D eigenvalue weighted by molar-refractivity contribution is 8.00. The molecule has 0 bridgehead atoms. The van der Waals surface area contributed by atoms with E-state index in [1.165, 1.54) is 6.07 Å². The van der Waals surface area contributed by atoms with Gasteiger partial charge in [-0.1, -0.05) is 12.1 Å². The van der Waals surface area contributed by atoms with E-state index in [2.05, 4.69) is 0 Å². The van der Waals surface area contributed by atoms with Crippen LogP contribution in [-0.4, -0.2) is 11.6 Å². The van der Waals surface area contributed by atoms with Crippen molar-refractivity contribution in [3.05, 3.63) is 29.8 Å². The van der Waals surface area contributed by atoms with Crippen molar-refractivity contribution < 1.29 is 13.2 Å². The van der Waals surface area contributed by atoms with Crippen LogP contribution >= 0.6 is 11.8 Å². The van der Waals surface area contributed by atoms with E-state index in [1.54, 1.807) is 12.1 Å². The summed E-state index contributed by atoms with van der Waals surface area (Å²) in [5.41, 5.74) is 2.52. The van der Waals surface area contributed by atoms with Crippen LogP contribution in [0.25, 0.3) is 0 Å². The number of halogens is 3. The summed E-state index contributed by atoms with van der Waals surface area (Å²) >= 11 is -0.0703. The summed E-state index contributed by atoms with van der Waals surface area (Å²) in [6, 6.07) is 6.63. The minimum absolute atomic E-state index is 0.0198. The maximum absolute atomic E-state index is 12.3. The molecule has 1 aliphatic rings. The number of nitrogens with two attached hydrogens (primary N) is 1. The normalized spacial score (nSPS) is 20.1. The molecule has 5 heteroatoms. The van der Waals surface area contributed by atoms with E-state index in [0.717, 1.165) is 18.4 Å². The van der Waals surface area contributed by atoms with Crippen molar-refractivity contribution in [2.75, 3.05) is 0 Å². The fourth-order valence-electron chi connectivity index (χ4n) is 2.14. The summed E-state index contributed by atoms with van der Waals surface area (Å²) < 4.78 is 36.8. The second kappa shape index (κ2) is 4.21. The molecule has 0 aliphatic heterocycles. The van der Waals surface area contributed by atoms with E-state index in [4.69, 9.17) is 5.73 Å². The smallest absolute Gasteiger partial charge is 0.327 e. The van der Waals surface area contributed by atoms with Crippen molar-refractivity contribution in [2.45, 2.75) is 41.6 Å². The highest BCUT2D eigenvalue weighted by Crippen LogP contribution is 2.51. The van der Waals surface area contributed by atoms with Crippen LogP contribution in [0.4, 0.5) is 13.2 Å². The quantitative estimate of drug-likeness (QED) is 0.840. The topological polar surface area (TPSA) is 26.0 Å². The zero-order chi connectivity index (χ0) is 12.7. The molecule has 1 aromatic carbocycles. The monoisotopic (exact) mass is 261 g/mol. The molecular weight excluding hydrogens is 247 g/mol.